The van der Waals surface area contributed by atoms with Gasteiger partial charge in [-0.25, -0.2) is 0 Å². The Balaban J connectivity index is 1.76. The van der Waals surface area contributed by atoms with Crippen molar-refractivity contribution in [3.05, 3.63) is 24.3 Å². The summed E-state index contributed by atoms with van der Waals surface area (Å²) in [4.78, 5) is 12.1. The van der Waals surface area contributed by atoms with Gasteiger partial charge in [-0.2, -0.15) is 0 Å². The molecule has 1 saturated heterocycles. The summed E-state index contributed by atoms with van der Waals surface area (Å²) in [5, 5.41) is 6.33. The second-order valence-corrected chi connectivity index (χ2v) is 6.51. The second kappa shape index (κ2) is 8.79. The summed E-state index contributed by atoms with van der Waals surface area (Å²) in [6, 6.07) is 7.64. The molecule has 22 heavy (non-hydrogen) atoms. The normalized spacial score (nSPS) is 15.8. The largest absolute Gasteiger partial charge is 0.493 e. The van der Waals surface area contributed by atoms with Crippen LogP contribution in [0.2, 0.25) is 0 Å². The van der Waals surface area contributed by atoms with E-state index in [2.05, 4.69) is 24.5 Å². The number of carbonyl (C=O) groups is 1. The zero-order valence-electron chi connectivity index (χ0n) is 13.7. The molecule has 2 N–H and O–H groups in total. The van der Waals surface area contributed by atoms with Crippen molar-refractivity contribution < 1.29 is 9.53 Å². The van der Waals surface area contributed by atoms with Crippen molar-refractivity contribution in [1.29, 1.82) is 0 Å². The van der Waals surface area contributed by atoms with Crippen molar-refractivity contribution in [1.82, 2.24) is 5.32 Å². The minimum Gasteiger partial charge on any atom is -0.493 e. The van der Waals surface area contributed by atoms with Crippen LogP contribution in [0.1, 0.15) is 39.5 Å². The summed E-state index contributed by atoms with van der Waals surface area (Å²) in [6.07, 6.45) is 3.95. The van der Waals surface area contributed by atoms with E-state index >= 15 is 0 Å². The highest BCUT2D eigenvalue weighted by atomic mass is 16.5. The van der Waals surface area contributed by atoms with Gasteiger partial charge in [0.05, 0.1) is 6.61 Å². The number of hydrogen-bond donors (Lipinski definition) is 2. The molecule has 0 unspecified atom stereocenters. The number of piperidine rings is 1. The van der Waals surface area contributed by atoms with Crippen LogP contribution >= 0.6 is 0 Å². The van der Waals surface area contributed by atoms with Gasteiger partial charge in [-0.3, -0.25) is 4.79 Å². The summed E-state index contributed by atoms with van der Waals surface area (Å²) >= 11 is 0. The SMILES string of the molecule is CC(C)COc1cccc(NC(=O)CCC2CCNCC2)c1. The molecule has 0 aliphatic carbocycles. The molecule has 1 aliphatic rings. The first kappa shape index (κ1) is 16.8. The molecule has 0 spiro atoms. The minimum atomic E-state index is 0.0968. The first-order valence-electron chi connectivity index (χ1n) is 8.37. The molecular weight excluding hydrogens is 276 g/mol. The molecule has 1 aromatic carbocycles. The van der Waals surface area contributed by atoms with Crippen LogP contribution < -0.4 is 15.4 Å². The van der Waals surface area contributed by atoms with Gasteiger partial charge in [0, 0.05) is 18.2 Å². The second-order valence-electron chi connectivity index (χ2n) is 6.51. The Kier molecular flexibility index (Phi) is 6.72. The molecule has 0 aromatic heterocycles. The van der Waals surface area contributed by atoms with Gasteiger partial charge in [0.25, 0.3) is 0 Å². The Morgan fingerprint density at radius 3 is 2.86 bits per heavy atom. The molecule has 0 radical (unpaired) electrons. The molecular formula is C18H28N2O2. The van der Waals surface area contributed by atoms with Crippen LogP contribution in [-0.4, -0.2) is 25.6 Å². The Labute approximate surface area is 133 Å². The molecule has 1 fully saturated rings. The molecule has 2 rings (SSSR count). The van der Waals surface area contributed by atoms with Gasteiger partial charge in [0.2, 0.25) is 5.91 Å². The molecule has 0 saturated carbocycles. The predicted molar refractivity (Wildman–Crippen MR) is 90.2 cm³/mol. The van der Waals surface area contributed by atoms with E-state index < -0.39 is 0 Å². The summed E-state index contributed by atoms with van der Waals surface area (Å²) in [6.45, 7) is 7.09. The van der Waals surface area contributed by atoms with Gasteiger partial charge >= 0.3 is 0 Å². The molecule has 1 aromatic rings. The third-order valence-electron chi connectivity index (χ3n) is 3.94. The lowest BCUT2D eigenvalue weighted by molar-refractivity contribution is -0.116. The van der Waals surface area contributed by atoms with E-state index in [1.807, 2.05) is 24.3 Å². The monoisotopic (exact) mass is 304 g/mol. The van der Waals surface area contributed by atoms with Gasteiger partial charge in [0.1, 0.15) is 5.75 Å². The maximum atomic E-state index is 12.1. The Bertz CT molecular complexity index is 468. The van der Waals surface area contributed by atoms with Crippen LogP contribution in [0, 0.1) is 11.8 Å². The van der Waals surface area contributed by atoms with Crippen LogP contribution in [-0.2, 0) is 4.79 Å². The number of hydrogen-bond acceptors (Lipinski definition) is 3. The molecule has 1 heterocycles. The maximum absolute atomic E-state index is 12.1. The molecule has 1 amide bonds. The summed E-state index contributed by atoms with van der Waals surface area (Å²) in [5.41, 5.74) is 0.816. The average Bonchev–Trinajstić information content (AvgIpc) is 2.52. The number of carbonyl (C=O) groups excluding carboxylic acids is 1. The van der Waals surface area contributed by atoms with Crippen LogP contribution in [0.5, 0.6) is 5.75 Å². The van der Waals surface area contributed by atoms with Gasteiger partial charge in [-0.05, 0) is 56.3 Å². The van der Waals surface area contributed by atoms with Crippen molar-refractivity contribution in [3.8, 4) is 5.75 Å². The highest BCUT2D eigenvalue weighted by Gasteiger charge is 2.14. The molecule has 1 aliphatic heterocycles. The van der Waals surface area contributed by atoms with Crippen molar-refractivity contribution in [2.75, 3.05) is 25.0 Å². The van der Waals surface area contributed by atoms with Crippen molar-refractivity contribution >= 4 is 11.6 Å². The Hall–Kier alpha value is -1.55. The third-order valence-corrected chi connectivity index (χ3v) is 3.94. The molecule has 0 bridgehead atoms. The number of ether oxygens (including phenoxy) is 1. The lowest BCUT2D eigenvalue weighted by atomic mass is 9.93. The Morgan fingerprint density at radius 2 is 2.14 bits per heavy atom. The van der Waals surface area contributed by atoms with E-state index in [1.54, 1.807) is 0 Å². The van der Waals surface area contributed by atoms with Gasteiger partial charge < -0.3 is 15.4 Å². The van der Waals surface area contributed by atoms with E-state index in [4.69, 9.17) is 4.74 Å². The van der Waals surface area contributed by atoms with Crippen LogP contribution in [0.4, 0.5) is 5.69 Å². The molecule has 0 atom stereocenters. The molecule has 122 valence electrons. The van der Waals surface area contributed by atoms with Crippen LogP contribution in [0.15, 0.2) is 24.3 Å². The van der Waals surface area contributed by atoms with Crippen LogP contribution in [0.3, 0.4) is 0 Å². The topological polar surface area (TPSA) is 50.4 Å². The van der Waals surface area contributed by atoms with Gasteiger partial charge in [0.15, 0.2) is 0 Å². The smallest absolute Gasteiger partial charge is 0.224 e. The van der Waals surface area contributed by atoms with E-state index in [-0.39, 0.29) is 5.91 Å². The van der Waals surface area contributed by atoms with Gasteiger partial charge in [-0.1, -0.05) is 19.9 Å². The number of nitrogens with one attached hydrogen (secondary N) is 2. The zero-order valence-corrected chi connectivity index (χ0v) is 13.7. The zero-order chi connectivity index (χ0) is 15.8. The van der Waals surface area contributed by atoms with E-state index in [1.165, 1.54) is 12.8 Å². The number of rotatable bonds is 7. The highest BCUT2D eigenvalue weighted by Crippen LogP contribution is 2.20. The van der Waals surface area contributed by atoms with E-state index in [0.717, 1.165) is 30.9 Å². The summed E-state index contributed by atoms with van der Waals surface area (Å²) < 4.78 is 5.69. The first-order valence-corrected chi connectivity index (χ1v) is 8.37. The molecule has 4 nitrogen and oxygen atoms in total. The van der Waals surface area contributed by atoms with Crippen molar-refractivity contribution in [2.45, 2.75) is 39.5 Å². The van der Waals surface area contributed by atoms with Crippen LogP contribution in [0.25, 0.3) is 0 Å². The first-order chi connectivity index (χ1) is 10.6. The van der Waals surface area contributed by atoms with E-state index in [0.29, 0.717) is 24.9 Å². The van der Waals surface area contributed by atoms with Crippen molar-refractivity contribution in [2.24, 2.45) is 11.8 Å². The number of anilines is 1. The standard InChI is InChI=1S/C18H28N2O2/c1-14(2)13-22-17-5-3-4-16(12-17)20-18(21)7-6-15-8-10-19-11-9-15/h3-5,12,14-15,19H,6-11,13H2,1-2H3,(H,20,21). The van der Waals surface area contributed by atoms with Crippen molar-refractivity contribution in [3.63, 3.8) is 0 Å². The summed E-state index contributed by atoms with van der Waals surface area (Å²) in [5.74, 6) is 2.08. The fraction of sp³-hybridized carbons (Fsp3) is 0.611. The summed E-state index contributed by atoms with van der Waals surface area (Å²) in [7, 11) is 0. The predicted octanol–water partition coefficient (Wildman–Crippen LogP) is 3.44. The average molecular weight is 304 g/mol. The number of benzene rings is 1. The highest BCUT2D eigenvalue weighted by molar-refractivity contribution is 5.90. The fourth-order valence-electron chi connectivity index (χ4n) is 2.66. The maximum Gasteiger partial charge on any atom is 0.224 e. The number of amides is 1. The third kappa shape index (κ3) is 6.06. The lowest BCUT2D eigenvalue weighted by Gasteiger charge is -2.22. The molecule has 4 heteroatoms. The van der Waals surface area contributed by atoms with Gasteiger partial charge in [-0.15, -0.1) is 0 Å². The quantitative estimate of drug-likeness (QED) is 0.811. The van der Waals surface area contributed by atoms with E-state index in [9.17, 15) is 4.79 Å². The minimum absolute atomic E-state index is 0.0968. The Morgan fingerprint density at radius 1 is 1.36 bits per heavy atom. The lowest BCUT2D eigenvalue weighted by Crippen LogP contribution is -2.28. The fourth-order valence-corrected chi connectivity index (χ4v) is 2.66.